The van der Waals surface area contributed by atoms with Gasteiger partial charge in [-0.2, -0.15) is 18.2 Å². The van der Waals surface area contributed by atoms with E-state index in [9.17, 15) is 17.6 Å². The zero-order valence-corrected chi connectivity index (χ0v) is 19.6. The summed E-state index contributed by atoms with van der Waals surface area (Å²) in [6.45, 7) is 7.05. The number of aryl methyl sites for hydroxylation is 1. The molecule has 3 heterocycles. The number of halogens is 4. The maximum Gasteiger partial charge on any atom is 0.419 e. The van der Waals surface area contributed by atoms with E-state index in [-0.39, 0.29) is 24.0 Å². The second-order valence-corrected chi connectivity index (χ2v) is 9.57. The zero-order chi connectivity index (χ0) is 25.1. The molecule has 12 heteroatoms. The number of hydrogen-bond donors (Lipinski definition) is 1. The number of anilines is 1. The van der Waals surface area contributed by atoms with Crippen LogP contribution in [0.5, 0.6) is 11.8 Å². The Morgan fingerprint density at radius 2 is 1.83 bits per heavy atom. The number of piperidine rings is 1. The van der Waals surface area contributed by atoms with Crippen LogP contribution in [0.25, 0.3) is 5.95 Å². The molecule has 35 heavy (non-hydrogen) atoms. The number of imidazole rings is 1. The number of nitrogens with zero attached hydrogens (tertiary/aromatic N) is 6. The fourth-order valence-corrected chi connectivity index (χ4v) is 5.03. The Bertz CT molecular complexity index is 1220. The van der Waals surface area contributed by atoms with Crippen LogP contribution in [0.15, 0.2) is 24.4 Å². The third kappa shape index (κ3) is 4.13. The summed E-state index contributed by atoms with van der Waals surface area (Å²) < 4.78 is 62.8. The van der Waals surface area contributed by atoms with E-state index in [0.717, 1.165) is 43.8 Å². The van der Waals surface area contributed by atoms with Crippen LogP contribution in [0, 0.1) is 24.6 Å². The lowest BCUT2D eigenvalue weighted by molar-refractivity contribution is -0.140. The van der Waals surface area contributed by atoms with Crippen molar-refractivity contribution in [1.29, 1.82) is 0 Å². The molecule has 1 saturated carbocycles. The van der Waals surface area contributed by atoms with Crippen molar-refractivity contribution >= 4 is 5.95 Å². The Balaban J connectivity index is 1.51. The molecule has 1 saturated heterocycles. The lowest BCUT2D eigenvalue weighted by Crippen LogP contribution is -2.49. The smallest absolute Gasteiger partial charge is 0.419 e. The van der Waals surface area contributed by atoms with Gasteiger partial charge < -0.3 is 15.4 Å². The molecular weight excluding hydrogens is 466 g/mol. The Kier molecular flexibility index (Phi) is 5.73. The third-order valence-electron chi connectivity index (χ3n) is 6.86. The van der Waals surface area contributed by atoms with E-state index < -0.39 is 23.3 Å². The normalized spacial score (nSPS) is 22.3. The quantitative estimate of drug-likeness (QED) is 0.528. The van der Waals surface area contributed by atoms with Crippen molar-refractivity contribution in [2.75, 3.05) is 18.0 Å². The van der Waals surface area contributed by atoms with Crippen LogP contribution in [0.4, 0.5) is 23.5 Å². The highest BCUT2D eigenvalue weighted by molar-refractivity contribution is 5.42. The molecule has 0 radical (unpaired) electrons. The monoisotopic (exact) mass is 493 g/mol. The molecule has 1 aromatic carbocycles. The van der Waals surface area contributed by atoms with Gasteiger partial charge in [0.1, 0.15) is 0 Å². The van der Waals surface area contributed by atoms with Crippen LogP contribution >= 0.6 is 0 Å². The summed E-state index contributed by atoms with van der Waals surface area (Å²) in [5.41, 5.74) is 5.73. The van der Waals surface area contributed by atoms with E-state index in [4.69, 9.17) is 10.5 Å². The maximum atomic E-state index is 14.6. The maximum absolute atomic E-state index is 14.6. The fourth-order valence-electron chi connectivity index (χ4n) is 5.03. The largest absolute Gasteiger partial charge is 0.421 e. The number of nitrogens with two attached hydrogens (primary N) is 1. The molecule has 0 amide bonds. The van der Waals surface area contributed by atoms with E-state index >= 15 is 0 Å². The third-order valence-corrected chi connectivity index (χ3v) is 6.86. The molecule has 2 unspecified atom stereocenters. The van der Waals surface area contributed by atoms with Crippen molar-refractivity contribution in [3.8, 4) is 17.7 Å². The van der Waals surface area contributed by atoms with Crippen molar-refractivity contribution in [2.24, 2.45) is 17.6 Å². The SMILES string of the molecule is Cc1cnc(N2CC3CCC(C2)C3N)n1-c1nc(Oc2cccc(C(F)(F)F)c2F)n(C(C)C)n1. The van der Waals surface area contributed by atoms with E-state index in [1.54, 1.807) is 10.8 Å². The van der Waals surface area contributed by atoms with Gasteiger partial charge in [0, 0.05) is 24.8 Å². The highest BCUT2D eigenvalue weighted by atomic mass is 19.4. The zero-order valence-electron chi connectivity index (χ0n) is 19.6. The van der Waals surface area contributed by atoms with E-state index in [1.807, 2.05) is 20.8 Å². The molecule has 2 atom stereocenters. The molecule has 2 N–H and O–H groups in total. The molecule has 2 bridgehead atoms. The van der Waals surface area contributed by atoms with Gasteiger partial charge in [-0.25, -0.2) is 18.6 Å². The van der Waals surface area contributed by atoms with E-state index in [0.29, 0.717) is 23.9 Å². The summed E-state index contributed by atoms with van der Waals surface area (Å²) in [7, 11) is 0. The van der Waals surface area contributed by atoms with E-state index in [2.05, 4.69) is 20.0 Å². The van der Waals surface area contributed by atoms with Crippen LogP contribution in [0.3, 0.4) is 0 Å². The summed E-state index contributed by atoms with van der Waals surface area (Å²) in [4.78, 5) is 11.2. The van der Waals surface area contributed by atoms with Gasteiger partial charge in [0.05, 0.1) is 17.8 Å². The summed E-state index contributed by atoms with van der Waals surface area (Å²) in [6.07, 6.45) is -0.958. The van der Waals surface area contributed by atoms with Gasteiger partial charge in [-0.15, -0.1) is 5.10 Å². The molecule has 1 aliphatic carbocycles. The predicted octanol–water partition coefficient (Wildman–Crippen LogP) is 4.48. The first-order valence-electron chi connectivity index (χ1n) is 11.6. The van der Waals surface area contributed by atoms with Gasteiger partial charge in [-0.1, -0.05) is 6.07 Å². The molecule has 8 nitrogen and oxygen atoms in total. The Labute approximate surface area is 199 Å². The lowest BCUT2D eigenvalue weighted by atomic mass is 9.93. The average Bonchev–Trinajstić information content (AvgIpc) is 3.41. The highest BCUT2D eigenvalue weighted by Gasteiger charge is 2.41. The number of benzene rings is 1. The van der Waals surface area contributed by atoms with Crippen molar-refractivity contribution < 1.29 is 22.3 Å². The first-order valence-corrected chi connectivity index (χ1v) is 11.6. The Morgan fingerprint density at radius 1 is 1.14 bits per heavy atom. The van der Waals surface area contributed by atoms with Crippen molar-refractivity contribution in [1.82, 2.24) is 24.3 Å². The molecule has 2 fully saturated rings. The number of ether oxygens (including phenoxy) is 1. The fraction of sp³-hybridized carbons (Fsp3) is 0.522. The van der Waals surface area contributed by atoms with Gasteiger partial charge in [-0.3, -0.25) is 0 Å². The lowest BCUT2D eigenvalue weighted by Gasteiger charge is -2.36. The van der Waals surface area contributed by atoms with Crippen LogP contribution in [0.2, 0.25) is 0 Å². The van der Waals surface area contributed by atoms with Crippen LogP contribution < -0.4 is 15.4 Å². The summed E-state index contributed by atoms with van der Waals surface area (Å²) in [6, 6.07) is 2.70. The molecule has 3 aromatic rings. The van der Waals surface area contributed by atoms with Crippen molar-refractivity contribution in [3.05, 3.63) is 41.5 Å². The number of rotatable bonds is 5. The second kappa shape index (κ2) is 8.51. The molecule has 0 spiro atoms. The highest BCUT2D eigenvalue weighted by Crippen LogP contribution is 2.39. The first-order chi connectivity index (χ1) is 16.5. The van der Waals surface area contributed by atoms with Gasteiger partial charge >= 0.3 is 12.2 Å². The summed E-state index contributed by atoms with van der Waals surface area (Å²) in [5, 5.41) is 4.54. The second-order valence-electron chi connectivity index (χ2n) is 9.57. The summed E-state index contributed by atoms with van der Waals surface area (Å²) in [5.74, 6) is -0.382. The van der Waals surface area contributed by atoms with Gasteiger partial charge in [0.2, 0.25) is 5.95 Å². The minimum Gasteiger partial charge on any atom is -0.421 e. The van der Waals surface area contributed by atoms with Crippen molar-refractivity contribution in [2.45, 2.75) is 51.9 Å². The number of aromatic nitrogens is 5. The molecule has 5 rings (SSSR count). The minimum atomic E-state index is -4.85. The van der Waals surface area contributed by atoms with Gasteiger partial charge in [0.25, 0.3) is 5.95 Å². The minimum absolute atomic E-state index is 0.118. The first kappa shape index (κ1) is 23.6. The Hall–Kier alpha value is -3.15. The molecule has 1 aliphatic heterocycles. The number of hydrogen-bond acceptors (Lipinski definition) is 6. The van der Waals surface area contributed by atoms with E-state index in [1.165, 1.54) is 4.68 Å². The van der Waals surface area contributed by atoms with Crippen molar-refractivity contribution in [3.63, 3.8) is 0 Å². The Morgan fingerprint density at radius 3 is 2.46 bits per heavy atom. The molecule has 2 aromatic heterocycles. The molecule has 2 aliphatic rings. The predicted molar refractivity (Wildman–Crippen MR) is 120 cm³/mol. The van der Waals surface area contributed by atoms with Gasteiger partial charge in [-0.05, 0) is 57.6 Å². The summed E-state index contributed by atoms with van der Waals surface area (Å²) >= 11 is 0. The van der Waals surface area contributed by atoms with Gasteiger partial charge in [0.15, 0.2) is 11.6 Å². The molecule has 188 valence electrons. The number of fused-ring (bicyclic) bond motifs is 2. The topological polar surface area (TPSA) is 87.0 Å². The average molecular weight is 494 g/mol. The molecular formula is C23H27F4N7O. The van der Waals surface area contributed by atoms with Crippen LogP contribution in [-0.2, 0) is 6.18 Å². The van der Waals surface area contributed by atoms with Crippen LogP contribution in [0.1, 0.15) is 44.0 Å². The van der Waals surface area contributed by atoms with Crippen LogP contribution in [-0.4, -0.2) is 43.4 Å². The number of alkyl halides is 3. The standard InChI is InChI=1S/C23H27F4N7O/c1-12(2)34-22(35-17-6-4-5-16(18(17)24)23(25,26)27)30-20(31-34)33-13(3)9-29-21(33)32-10-14-7-8-15(11-32)19(14)28/h4-6,9,12,14-15,19H,7-8,10-11,28H2,1-3H3.